The third-order valence-electron chi connectivity index (χ3n) is 5.38. The minimum Gasteiger partial charge on any atom is -0.487 e. The number of para-hydroxylation sites is 2. The van der Waals surface area contributed by atoms with Crippen LogP contribution in [0, 0.1) is 6.92 Å². The second-order valence-electron chi connectivity index (χ2n) is 8.31. The lowest BCUT2D eigenvalue weighted by atomic mass is 10.1. The molecule has 0 atom stereocenters. The van der Waals surface area contributed by atoms with E-state index in [1.54, 1.807) is 42.6 Å². The zero-order chi connectivity index (χ0) is 26.9. The molecule has 0 radical (unpaired) electrons. The van der Waals surface area contributed by atoms with Gasteiger partial charge in [0.2, 0.25) is 11.8 Å². The molecule has 0 aliphatic carbocycles. The lowest BCUT2D eigenvalue weighted by molar-refractivity contribution is -0.117. The number of carboxylic acid groups (broad SMARTS) is 1. The highest BCUT2D eigenvalue weighted by Crippen LogP contribution is 2.22. The number of aryl methyl sites for hydroxylation is 1. The van der Waals surface area contributed by atoms with Crippen molar-refractivity contribution in [2.75, 3.05) is 10.6 Å². The molecule has 10 nitrogen and oxygen atoms in total. The van der Waals surface area contributed by atoms with E-state index in [1.165, 1.54) is 22.9 Å². The van der Waals surface area contributed by atoms with Gasteiger partial charge in [0.25, 0.3) is 0 Å². The van der Waals surface area contributed by atoms with E-state index in [1.807, 2.05) is 37.3 Å². The predicted molar refractivity (Wildman–Crippen MR) is 142 cm³/mol. The Morgan fingerprint density at radius 2 is 1.76 bits per heavy atom. The molecule has 0 fully saturated rings. The van der Waals surface area contributed by atoms with Crippen LogP contribution in [0.3, 0.4) is 0 Å². The van der Waals surface area contributed by atoms with Gasteiger partial charge in [-0.2, -0.15) is 0 Å². The molecule has 0 saturated heterocycles. The van der Waals surface area contributed by atoms with Crippen molar-refractivity contribution in [3.05, 3.63) is 107 Å². The number of carbonyl (C=O) groups is 3. The topological polar surface area (TPSA) is 135 Å². The van der Waals surface area contributed by atoms with Gasteiger partial charge in [-0.05, 0) is 54.5 Å². The molecule has 10 heteroatoms. The van der Waals surface area contributed by atoms with Crippen LogP contribution < -0.4 is 15.4 Å². The lowest BCUT2D eigenvalue weighted by Gasteiger charge is -2.09. The molecule has 0 aliphatic heterocycles. The Morgan fingerprint density at radius 3 is 2.55 bits per heavy atom. The molecule has 192 valence electrons. The first kappa shape index (κ1) is 25.8. The van der Waals surface area contributed by atoms with E-state index in [4.69, 9.17) is 4.74 Å². The Morgan fingerprint density at radius 1 is 1.00 bits per heavy atom. The number of hydrogen-bond donors (Lipinski definition) is 3. The van der Waals surface area contributed by atoms with Crippen molar-refractivity contribution < 1.29 is 24.2 Å². The van der Waals surface area contributed by atoms with Crippen LogP contribution in [-0.4, -0.2) is 37.9 Å². The first-order valence-corrected chi connectivity index (χ1v) is 11.7. The van der Waals surface area contributed by atoms with E-state index in [9.17, 15) is 19.5 Å². The maximum atomic E-state index is 12.3. The van der Waals surface area contributed by atoms with Crippen molar-refractivity contribution in [1.82, 2.24) is 15.0 Å². The number of nitrogens with one attached hydrogen (secondary N) is 2. The Labute approximate surface area is 218 Å². The maximum Gasteiger partial charge on any atom is 0.337 e. The maximum absolute atomic E-state index is 12.3. The second kappa shape index (κ2) is 12.1. The number of amides is 2. The molecule has 1 heterocycles. The first-order valence-electron chi connectivity index (χ1n) is 11.7. The number of carboxylic acids is 1. The number of aromatic carboxylic acids is 1. The molecule has 0 bridgehead atoms. The van der Waals surface area contributed by atoms with Gasteiger partial charge in [-0.15, -0.1) is 5.10 Å². The first-order chi connectivity index (χ1) is 18.4. The molecular weight excluding hydrogens is 486 g/mol. The van der Waals surface area contributed by atoms with Gasteiger partial charge in [0.15, 0.2) is 0 Å². The molecule has 4 rings (SSSR count). The molecular formula is C28H25N5O5. The normalized spacial score (nSPS) is 10.8. The standard InChI is InChI=1S/C28H25N5O5/c1-19-11-12-20(13-14-26(34)30-24-10-6-5-9-23(24)28(36)37)15-25(19)38-18-22-16-33(32-31-22)17-27(35)29-21-7-3-2-4-8-21/h2-16H,17-18H2,1H3,(H,29,35)(H,30,34)(H,36,37)/b14-13+. The van der Waals surface area contributed by atoms with E-state index in [2.05, 4.69) is 20.9 Å². The van der Waals surface area contributed by atoms with Gasteiger partial charge in [0, 0.05) is 11.8 Å². The van der Waals surface area contributed by atoms with Crippen molar-refractivity contribution in [3.8, 4) is 5.75 Å². The average molecular weight is 512 g/mol. The van der Waals surface area contributed by atoms with Gasteiger partial charge in [-0.25, -0.2) is 9.48 Å². The number of hydrogen-bond acceptors (Lipinski definition) is 6. The fraction of sp³-hybridized carbons (Fsp3) is 0.107. The summed E-state index contributed by atoms with van der Waals surface area (Å²) < 4.78 is 7.34. The third-order valence-corrected chi connectivity index (χ3v) is 5.38. The van der Waals surface area contributed by atoms with Crippen molar-refractivity contribution in [2.24, 2.45) is 0 Å². The van der Waals surface area contributed by atoms with E-state index in [0.717, 1.165) is 5.56 Å². The van der Waals surface area contributed by atoms with E-state index in [-0.39, 0.29) is 30.3 Å². The molecule has 1 aromatic heterocycles. The minimum atomic E-state index is -1.12. The molecule has 4 aromatic rings. The van der Waals surface area contributed by atoms with Gasteiger partial charge in [-0.3, -0.25) is 9.59 Å². The van der Waals surface area contributed by atoms with Crippen molar-refractivity contribution in [1.29, 1.82) is 0 Å². The summed E-state index contributed by atoms with van der Waals surface area (Å²) >= 11 is 0. The van der Waals surface area contributed by atoms with E-state index in [0.29, 0.717) is 22.7 Å². The van der Waals surface area contributed by atoms with Gasteiger partial charge < -0.3 is 20.5 Å². The Hall–Kier alpha value is -5.25. The number of nitrogens with zero attached hydrogens (tertiary/aromatic N) is 3. The number of aromatic nitrogens is 3. The highest BCUT2D eigenvalue weighted by atomic mass is 16.5. The van der Waals surface area contributed by atoms with E-state index < -0.39 is 11.9 Å². The van der Waals surface area contributed by atoms with Gasteiger partial charge in [0.1, 0.15) is 24.6 Å². The SMILES string of the molecule is Cc1ccc(/C=C/C(=O)Nc2ccccc2C(=O)O)cc1OCc1cn(CC(=O)Nc2ccccc2)nn1. The highest BCUT2D eigenvalue weighted by molar-refractivity contribution is 6.06. The summed E-state index contributed by atoms with van der Waals surface area (Å²) in [6, 6.07) is 20.8. The van der Waals surface area contributed by atoms with Crippen molar-refractivity contribution >= 4 is 35.2 Å². The van der Waals surface area contributed by atoms with Crippen LogP contribution in [0.1, 0.15) is 27.2 Å². The minimum absolute atomic E-state index is 0.00836. The monoisotopic (exact) mass is 511 g/mol. The van der Waals surface area contributed by atoms with Crippen LogP contribution in [0.4, 0.5) is 11.4 Å². The van der Waals surface area contributed by atoms with Crippen LogP contribution in [0.5, 0.6) is 5.75 Å². The fourth-order valence-corrected chi connectivity index (χ4v) is 3.50. The summed E-state index contributed by atoms with van der Waals surface area (Å²) in [5, 5.41) is 22.7. The van der Waals surface area contributed by atoms with Crippen LogP contribution in [-0.2, 0) is 22.7 Å². The van der Waals surface area contributed by atoms with Gasteiger partial charge >= 0.3 is 5.97 Å². The Kier molecular flexibility index (Phi) is 8.25. The van der Waals surface area contributed by atoms with Crippen LogP contribution >= 0.6 is 0 Å². The Bertz CT molecular complexity index is 1480. The van der Waals surface area contributed by atoms with Crippen LogP contribution in [0.25, 0.3) is 6.08 Å². The molecule has 0 aliphatic rings. The fourth-order valence-electron chi connectivity index (χ4n) is 3.50. The largest absolute Gasteiger partial charge is 0.487 e. The lowest BCUT2D eigenvalue weighted by Crippen LogP contribution is -2.19. The predicted octanol–water partition coefficient (Wildman–Crippen LogP) is 4.15. The molecule has 38 heavy (non-hydrogen) atoms. The van der Waals surface area contributed by atoms with Crippen molar-refractivity contribution in [3.63, 3.8) is 0 Å². The summed E-state index contributed by atoms with van der Waals surface area (Å²) in [7, 11) is 0. The second-order valence-corrected chi connectivity index (χ2v) is 8.31. The molecule has 3 N–H and O–H groups in total. The highest BCUT2D eigenvalue weighted by Gasteiger charge is 2.11. The number of rotatable bonds is 10. The van der Waals surface area contributed by atoms with Gasteiger partial charge in [-0.1, -0.05) is 47.7 Å². The van der Waals surface area contributed by atoms with Crippen LogP contribution in [0.2, 0.25) is 0 Å². The zero-order valence-corrected chi connectivity index (χ0v) is 20.5. The third kappa shape index (κ3) is 7.14. The quantitative estimate of drug-likeness (QED) is 0.272. The number of anilines is 2. The number of benzene rings is 3. The van der Waals surface area contributed by atoms with Crippen LogP contribution in [0.15, 0.2) is 85.1 Å². The molecule has 3 aromatic carbocycles. The summed E-state index contributed by atoms with van der Waals surface area (Å²) in [6.45, 7) is 2.05. The number of carbonyl (C=O) groups excluding carboxylic acids is 2. The molecule has 0 unspecified atom stereocenters. The Balaban J connectivity index is 1.33. The smallest absolute Gasteiger partial charge is 0.337 e. The summed E-state index contributed by atoms with van der Waals surface area (Å²) in [6.07, 6.45) is 4.56. The van der Waals surface area contributed by atoms with Gasteiger partial charge in [0.05, 0.1) is 17.4 Å². The number of ether oxygens (including phenoxy) is 1. The summed E-state index contributed by atoms with van der Waals surface area (Å²) in [4.78, 5) is 35.9. The average Bonchev–Trinajstić information content (AvgIpc) is 3.35. The molecule has 2 amide bonds. The molecule has 0 spiro atoms. The summed E-state index contributed by atoms with van der Waals surface area (Å²) in [5.74, 6) is -1.21. The zero-order valence-electron chi connectivity index (χ0n) is 20.5. The summed E-state index contributed by atoms with van der Waals surface area (Å²) in [5.41, 5.74) is 3.08. The van der Waals surface area contributed by atoms with Crippen molar-refractivity contribution in [2.45, 2.75) is 20.1 Å². The molecule has 0 saturated carbocycles. The van der Waals surface area contributed by atoms with E-state index >= 15 is 0 Å².